The van der Waals surface area contributed by atoms with Crippen LogP contribution in [0.15, 0.2) is 18.2 Å². The minimum Gasteiger partial charge on any atom is -0.324 e. The van der Waals surface area contributed by atoms with Crippen molar-refractivity contribution < 1.29 is 0 Å². The van der Waals surface area contributed by atoms with E-state index in [-0.39, 0.29) is 18.4 Å². The topological polar surface area (TPSA) is 26.0 Å². The van der Waals surface area contributed by atoms with Gasteiger partial charge in [-0.25, -0.2) is 0 Å². The maximum Gasteiger partial charge on any atom is 0.0300 e. The molecule has 0 amide bonds. The fraction of sp³-hybridized carbons (Fsp3) is 0.538. The summed E-state index contributed by atoms with van der Waals surface area (Å²) in [7, 11) is 0. The van der Waals surface area contributed by atoms with E-state index in [1.807, 2.05) is 0 Å². The predicted octanol–water partition coefficient (Wildman–Crippen LogP) is 3.53. The van der Waals surface area contributed by atoms with Crippen LogP contribution in [0.2, 0.25) is 0 Å². The lowest BCUT2D eigenvalue weighted by Crippen LogP contribution is -2.12. The van der Waals surface area contributed by atoms with Gasteiger partial charge in [0.15, 0.2) is 0 Å². The summed E-state index contributed by atoms with van der Waals surface area (Å²) >= 11 is 0. The average molecular weight is 226 g/mol. The van der Waals surface area contributed by atoms with Crippen LogP contribution in [0.4, 0.5) is 0 Å². The van der Waals surface area contributed by atoms with Crippen molar-refractivity contribution in [1.82, 2.24) is 0 Å². The van der Waals surface area contributed by atoms with Crippen LogP contribution in [0.3, 0.4) is 0 Å². The highest BCUT2D eigenvalue weighted by Gasteiger charge is 2.24. The lowest BCUT2D eigenvalue weighted by molar-refractivity contribution is 0.594. The molecule has 15 heavy (non-hydrogen) atoms. The van der Waals surface area contributed by atoms with Gasteiger partial charge in [0.05, 0.1) is 0 Å². The maximum atomic E-state index is 6.19. The first-order chi connectivity index (χ1) is 6.66. The molecule has 0 aromatic heterocycles. The van der Waals surface area contributed by atoms with E-state index >= 15 is 0 Å². The van der Waals surface area contributed by atoms with Crippen molar-refractivity contribution in [2.24, 2.45) is 11.7 Å². The number of rotatable bonds is 3. The molecule has 1 nitrogen and oxygen atoms in total. The Kier molecular flexibility index (Phi) is 4.18. The first kappa shape index (κ1) is 12.5. The molecule has 0 aliphatic heterocycles. The van der Waals surface area contributed by atoms with E-state index in [2.05, 4.69) is 32.0 Å². The van der Waals surface area contributed by atoms with Crippen molar-refractivity contribution in [3.63, 3.8) is 0 Å². The zero-order valence-corrected chi connectivity index (χ0v) is 10.3. The number of benzene rings is 1. The van der Waals surface area contributed by atoms with Gasteiger partial charge in [-0.1, -0.05) is 36.6 Å². The number of halogens is 1. The Balaban J connectivity index is 0.00000112. The number of hydrogen-bond acceptors (Lipinski definition) is 1. The van der Waals surface area contributed by atoms with E-state index in [9.17, 15) is 0 Å². The maximum absolute atomic E-state index is 6.19. The molecule has 2 heteroatoms. The molecule has 84 valence electrons. The molecule has 2 rings (SSSR count). The fourth-order valence-corrected chi connectivity index (χ4v) is 2.08. The molecule has 1 aliphatic rings. The smallest absolute Gasteiger partial charge is 0.0300 e. The van der Waals surface area contributed by atoms with E-state index in [4.69, 9.17) is 5.73 Å². The molecule has 1 fully saturated rings. The van der Waals surface area contributed by atoms with Crippen LogP contribution >= 0.6 is 12.4 Å². The van der Waals surface area contributed by atoms with Gasteiger partial charge in [-0.2, -0.15) is 0 Å². The SMILES string of the molecule is Cc1ccc([C@@H](N)CC2CC2)c(C)c1.Cl. The van der Waals surface area contributed by atoms with Gasteiger partial charge in [-0.3, -0.25) is 0 Å². The van der Waals surface area contributed by atoms with Crippen LogP contribution in [0.25, 0.3) is 0 Å². The number of hydrogen-bond donors (Lipinski definition) is 1. The molecule has 0 heterocycles. The van der Waals surface area contributed by atoms with E-state index in [0.29, 0.717) is 0 Å². The molecule has 1 aromatic carbocycles. The Morgan fingerprint density at radius 2 is 2.00 bits per heavy atom. The standard InChI is InChI=1S/C13H19N.ClH/c1-9-3-6-12(10(2)7-9)13(14)8-11-4-5-11;/h3,6-7,11,13H,4-5,8,14H2,1-2H3;1H/t13-;/m0./s1. The molecular weight excluding hydrogens is 206 g/mol. The third kappa shape index (κ3) is 3.22. The van der Waals surface area contributed by atoms with Crippen molar-refractivity contribution in [2.75, 3.05) is 0 Å². The first-order valence-electron chi connectivity index (χ1n) is 5.49. The van der Waals surface area contributed by atoms with Crippen LogP contribution in [0, 0.1) is 19.8 Å². The van der Waals surface area contributed by atoms with E-state index < -0.39 is 0 Å². The van der Waals surface area contributed by atoms with Crippen molar-refractivity contribution in [2.45, 2.75) is 39.2 Å². The quantitative estimate of drug-likeness (QED) is 0.837. The molecule has 1 saturated carbocycles. The summed E-state index contributed by atoms with van der Waals surface area (Å²) in [6, 6.07) is 6.83. The highest BCUT2D eigenvalue weighted by molar-refractivity contribution is 5.85. The highest BCUT2D eigenvalue weighted by Crippen LogP contribution is 2.37. The normalized spacial score (nSPS) is 17.0. The van der Waals surface area contributed by atoms with Crippen LogP contribution in [0.1, 0.15) is 42.0 Å². The third-order valence-electron chi connectivity index (χ3n) is 3.11. The van der Waals surface area contributed by atoms with Crippen molar-refractivity contribution in [1.29, 1.82) is 0 Å². The van der Waals surface area contributed by atoms with Gasteiger partial charge >= 0.3 is 0 Å². The molecule has 1 aliphatic carbocycles. The van der Waals surface area contributed by atoms with Gasteiger partial charge in [-0.05, 0) is 37.3 Å². The summed E-state index contributed by atoms with van der Waals surface area (Å²) < 4.78 is 0. The molecule has 0 bridgehead atoms. The van der Waals surface area contributed by atoms with Crippen LogP contribution in [-0.4, -0.2) is 0 Å². The fourth-order valence-electron chi connectivity index (χ4n) is 2.08. The molecular formula is C13H20ClN. The summed E-state index contributed by atoms with van der Waals surface area (Å²) in [5.74, 6) is 0.908. The molecule has 1 aromatic rings. The largest absolute Gasteiger partial charge is 0.324 e. The Labute approximate surface area is 98.5 Å². The van der Waals surface area contributed by atoms with Crippen molar-refractivity contribution >= 4 is 12.4 Å². The van der Waals surface area contributed by atoms with E-state index in [0.717, 1.165) is 5.92 Å². The zero-order valence-electron chi connectivity index (χ0n) is 9.49. The third-order valence-corrected chi connectivity index (χ3v) is 3.11. The Hall–Kier alpha value is -0.530. The summed E-state index contributed by atoms with van der Waals surface area (Å²) in [4.78, 5) is 0. The van der Waals surface area contributed by atoms with Gasteiger partial charge in [0.2, 0.25) is 0 Å². The van der Waals surface area contributed by atoms with Crippen LogP contribution in [0.5, 0.6) is 0 Å². The molecule has 0 unspecified atom stereocenters. The van der Waals surface area contributed by atoms with Gasteiger partial charge < -0.3 is 5.73 Å². The molecule has 1 atom stereocenters. The Morgan fingerprint density at radius 3 is 2.53 bits per heavy atom. The Bertz CT molecular complexity index is 331. The second kappa shape index (κ2) is 5.00. The van der Waals surface area contributed by atoms with Gasteiger partial charge in [0.1, 0.15) is 0 Å². The second-order valence-electron chi connectivity index (χ2n) is 4.65. The number of aryl methyl sites for hydroxylation is 2. The second-order valence-corrected chi connectivity index (χ2v) is 4.65. The summed E-state index contributed by atoms with van der Waals surface area (Å²) in [6.45, 7) is 4.29. The minimum atomic E-state index is 0. The summed E-state index contributed by atoms with van der Waals surface area (Å²) in [5.41, 5.74) is 10.2. The molecule has 0 spiro atoms. The van der Waals surface area contributed by atoms with Crippen molar-refractivity contribution in [3.8, 4) is 0 Å². The molecule has 2 N–H and O–H groups in total. The minimum absolute atomic E-state index is 0. The monoisotopic (exact) mass is 225 g/mol. The van der Waals surface area contributed by atoms with E-state index in [1.54, 1.807) is 0 Å². The number of nitrogens with two attached hydrogens (primary N) is 1. The average Bonchev–Trinajstić information content (AvgIpc) is 2.87. The van der Waals surface area contributed by atoms with E-state index in [1.165, 1.54) is 36.0 Å². The Morgan fingerprint density at radius 1 is 1.33 bits per heavy atom. The van der Waals surface area contributed by atoms with Gasteiger partial charge in [-0.15, -0.1) is 12.4 Å². The van der Waals surface area contributed by atoms with Gasteiger partial charge in [0, 0.05) is 6.04 Å². The predicted molar refractivity (Wildman–Crippen MR) is 67.4 cm³/mol. The molecule has 0 radical (unpaired) electrons. The molecule has 0 saturated heterocycles. The first-order valence-corrected chi connectivity index (χ1v) is 5.49. The lowest BCUT2D eigenvalue weighted by Gasteiger charge is -2.14. The summed E-state index contributed by atoms with van der Waals surface area (Å²) in [6.07, 6.45) is 3.95. The highest BCUT2D eigenvalue weighted by atomic mass is 35.5. The summed E-state index contributed by atoms with van der Waals surface area (Å²) in [5, 5.41) is 0. The zero-order chi connectivity index (χ0) is 10.1. The van der Waals surface area contributed by atoms with Crippen LogP contribution in [-0.2, 0) is 0 Å². The van der Waals surface area contributed by atoms with Crippen molar-refractivity contribution in [3.05, 3.63) is 34.9 Å². The lowest BCUT2D eigenvalue weighted by atomic mass is 9.96. The van der Waals surface area contributed by atoms with Crippen LogP contribution < -0.4 is 5.73 Å². The van der Waals surface area contributed by atoms with Gasteiger partial charge in [0.25, 0.3) is 0 Å².